The number of hydrogen-bond donors (Lipinski definition) is 1. The molecule has 5 nitrogen and oxygen atoms in total. The van der Waals surface area contributed by atoms with Gasteiger partial charge in [-0.2, -0.15) is 0 Å². The van der Waals surface area contributed by atoms with E-state index < -0.39 is 0 Å². The zero-order valence-corrected chi connectivity index (χ0v) is 13.9. The molecule has 1 fully saturated rings. The minimum absolute atomic E-state index is 0.105. The Morgan fingerprint density at radius 1 is 1.17 bits per heavy atom. The summed E-state index contributed by atoms with van der Waals surface area (Å²) in [5.41, 5.74) is 0.831. The molecule has 3 rings (SSSR count). The largest absolute Gasteiger partial charge is 0.348 e. The maximum Gasteiger partial charge on any atom is 0.223 e. The monoisotopic (exact) mass is 350 g/mol. The Bertz CT molecular complexity index is 669. The van der Waals surface area contributed by atoms with Crippen LogP contribution in [-0.4, -0.2) is 39.9 Å². The molecule has 0 unspecified atom stereocenters. The first-order chi connectivity index (χ1) is 11.1. The Balaban J connectivity index is 1.46. The minimum Gasteiger partial charge on any atom is -0.348 e. The first-order valence-corrected chi connectivity index (χ1v) is 8.13. The third kappa shape index (κ3) is 3.92. The van der Waals surface area contributed by atoms with Crippen LogP contribution in [0.4, 0.5) is 5.95 Å². The lowest BCUT2D eigenvalue weighted by Crippen LogP contribution is -2.57. The molecule has 1 aromatic carbocycles. The third-order valence-electron chi connectivity index (χ3n) is 3.78. The van der Waals surface area contributed by atoms with Crippen molar-refractivity contribution in [2.24, 2.45) is 0 Å². The number of anilines is 1. The van der Waals surface area contributed by atoms with Gasteiger partial charge in [0.25, 0.3) is 0 Å². The van der Waals surface area contributed by atoms with Crippen molar-refractivity contribution in [3.05, 3.63) is 52.3 Å². The van der Waals surface area contributed by atoms with E-state index in [2.05, 4.69) is 15.3 Å². The molecule has 0 aliphatic carbocycles. The van der Waals surface area contributed by atoms with Gasteiger partial charge in [0.15, 0.2) is 0 Å². The third-order valence-corrected chi connectivity index (χ3v) is 4.49. The van der Waals surface area contributed by atoms with Gasteiger partial charge in [-0.25, -0.2) is 9.97 Å². The SMILES string of the molecule is O=C(CCc1c(Cl)cccc1Cl)N1CC(Nc2ncccn2)C1. The molecule has 2 aromatic rings. The number of amides is 1. The van der Waals surface area contributed by atoms with Crippen molar-refractivity contribution in [3.8, 4) is 0 Å². The number of nitrogens with zero attached hydrogens (tertiary/aromatic N) is 3. The Hall–Kier alpha value is -1.85. The quantitative estimate of drug-likeness (QED) is 0.900. The number of carbonyl (C=O) groups is 1. The summed E-state index contributed by atoms with van der Waals surface area (Å²) in [6.45, 7) is 1.32. The van der Waals surface area contributed by atoms with Crippen molar-refractivity contribution in [1.29, 1.82) is 0 Å². The van der Waals surface area contributed by atoms with Crippen molar-refractivity contribution in [2.45, 2.75) is 18.9 Å². The van der Waals surface area contributed by atoms with E-state index in [-0.39, 0.29) is 11.9 Å². The second kappa shape index (κ2) is 7.15. The Morgan fingerprint density at radius 3 is 2.48 bits per heavy atom. The molecule has 0 spiro atoms. The highest BCUT2D eigenvalue weighted by molar-refractivity contribution is 6.36. The molecule has 1 aliphatic heterocycles. The molecule has 120 valence electrons. The van der Waals surface area contributed by atoms with Gasteiger partial charge in [-0.3, -0.25) is 4.79 Å². The van der Waals surface area contributed by atoms with Crippen LogP contribution in [0.3, 0.4) is 0 Å². The molecule has 23 heavy (non-hydrogen) atoms. The number of aromatic nitrogens is 2. The fourth-order valence-corrected chi connectivity index (χ4v) is 3.08. The summed E-state index contributed by atoms with van der Waals surface area (Å²) in [6.07, 6.45) is 4.32. The van der Waals surface area contributed by atoms with Crippen LogP contribution < -0.4 is 5.32 Å². The summed E-state index contributed by atoms with van der Waals surface area (Å²) in [7, 11) is 0. The zero-order chi connectivity index (χ0) is 16.2. The fraction of sp³-hybridized carbons (Fsp3) is 0.312. The number of rotatable bonds is 5. The van der Waals surface area contributed by atoms with E-state index >= 15 is 0 Å². The molecule has 1 aliphatic rings. The Labute approximate surface area is 144 Å². The summed E-state index contributed by atoms with van der Waals surface area (Å²) in [4.78, 5) is 22.2. The van der Waals surface area contributed by atoms with Gasteiger partial charge in [0.05, 0.1) is 6.04 Å². The van der Waals surface area contributed by atoms with E-state index in [4.69, 9.17) is 23.2 Å². The molecule has 1 aromatic heterocycles. The van der Waals surface area contributed by atoms with Crippen molar-refractivity contribution in [2.75, 3.05) is 18.4 Å². The molecule has 2 heterocycles. The molecule has 1 N–H and O–H groups in total. The summed E-state index contributed by atoms with van der Waals surface area (Å²) in [5, 5.41) is 4.41. The maximum absolute atomic E-state index is 12.2. The van der Waals surface area contributed by atoms with Crippen LogP contribution in [0.5, 0.6) is 0 Å². The molecule has 0 saturated carbocycles. The summed E-state index contributed by atoms with van der Waals surface area (Å²) in [5.74, 6) is 0.695. The van der Waals surface area contributed by atoms with Gasteiger partial charge in [-0.05, 0) is 30.2 Å². The van der Waals surface area contributed by atoms with Crippen LogP contribution in [0.25, 0.3) is 0 Å². The van der Waals surface area contributed by atoms with Crippen molar-refractivity contribution in [3.63, 3.8) is 0 Å². The predicted octanol–water partition coefficient (Wildman–Crippen LogP) is 3.04. The molecule has 0 bridgehead atoms. The average molecular weight is 351 g/mol. The summed E-state index contributed by atoms with van der Waals surface area (Å²) < 4.78 is 0. The number of benzene rings is 1. The normalized spacial score (nSPS) is 14.4. The van der Waals surface area contributed by atoms with E-state index in [0.29, 0.717) is 41.9 Å². The summed E-state index contributed by atoms with van der Waals surface area (Å²) in [6, 6.07) is 7.34. The first kappa shape index (κ1) is 16.0. The Morgan fingerprint density at radius 2 is 1.83 bits per heavy atom. The highest BCUT2D eigenvalue weighted by Gasteiger charge is 2.30. The van der Waals surface area contributed by atoms with E-state index in [0.717, 1.165) is 5.56 Å². The Kier molecular flexibility index (Phi) is 4.98. The first-order valence-electron chi connectivity index (χ1n) is 7.37. The molecule has 0 atom stereocenters. The van der Waals surface area contributed by atoms with E-state index in [1.807, 2.05) is 4.90 Å². The second-order valence-electron chi connectivity index (χ2n) is 5.41. The lowest BCUT2D eigenvalue weighted by molar-refractivity contribution is -0.135. The van der Waals surface area contributed by atoms with Gasteiger partial charge in [-0.15, -0.1) is 0 Å². The standard InChI is InChI=1S/C16H16Cl2N4O/c17-13-3-1-4-14(18)12(13)5-6-15(23)22-9-11(10-22)21-16-19-7-2-8-20-16/h1-4,7-8,11H,5-6,9-10H2,(H,19,20,21). The van der Waals surface area contributed by atoms with E-state index in [1.54, 1.807) is 36.7 Å². The van der Waals surface area contributed by atoms with Gasteiger partial charge in [0, 0.05) is 41.9 Å². The highest BCUT2D eigenvalue weighted by atomic mass is 35.5. The predicted molar refractivity (Wildman–Crippen MR) is 90.8 cm³/mol. The van der Waals surface area contributed by atoms with Gasteiger partial charge in [0.1, 0.15) is 0 Å². The van der Waals surface area contributed by atoms with Crippen molar-refractivity contribution in [1.82, 2.24) is 14.9 Å². The minimum atomic E-state index is 0.105. The molecular weight excluding hydrogens is 335 g/mol. The van der Waals surface area contributed by atoms with Crippen LogP contribution >= 0.6 is 23.2 Å². The molecule has 7 heteroatoms. The smallest absolute Gasteiger partial charge is 0.223 e. The topological polar surface area (TPSA) is 58.1 Å². The number of likely N-dealkylation sites (tertiary alicyclic amines) is 1. The molecule has 0 radical (unpaired) electrons. The molecule has 1 saturated heterocycles. The van der Waals surface area contributed by atoms with Crippen LogP contribution in [-0.2, 0) is 11.2 Å². The van der Waals surface area contributed by atoms with Gasteiger partial charge < -0.3 is 10.2 Å². The van der Waals surface area contributed by atoms with Crippen LogP contribution in [0.1, 0.15) is 12.0 Å². The van der Waals surface area contributed by atoms with Crippen LogP contribution in [0.15, 0.2) is 36.7 Å². The van der Waals surface area contributed by atoms with Crippen LogP contribution in [0, 0.1) is 0 Å². The molecular formula is C16H16Cl2N4O. The number of halogens is 2. The molecule has 1 amide bonds. The van der Waals surface area contributed by atoms with Crippen molar-refractivity contribution >= 4 is 35.1 Å². The summed E-state index contributed by atoms with van der Waals surface area (Å²) >= 11 is 12.2. The lowest BCUT2D eigenvalue weighted by Gasteiger charge is -2.39. The van der Waals surface area contributed by atoms with Gasteiger partial charge in [0.2, 0.25) is 11.9 Å². The number of hydrogen-bond acceptors (Lipinski definition) is 4. The van der Waals surface area contributed by atoms with Gasteiger partial charge in [-0.1, -0.05) is 29.3 Å². The van der Waals surface area contributed by atoms with E-state index in [9.17, 15) is 4.79 Å². The number of nitrogens with one attached hydrogen (secondary N) is 1. The average Bonchev–Trinajstić information content (AvgIpc) is 2.51. The lowest BCUT2D eigenvalue weighted by atomic mass is 10.1. The van der Waals surface area contributed by atoms with E-state index in [1.165, 1.54) is 0 Å². The fourth-order valence-electron chi connectivity index (χ4n) is 2.49. The maximum atomic E-state index is 12.2. The van der Waals surface area contributed by atoms with Crippen LogP contribution in [0.2, 0.25) is 10.0 Å². The second-order valence-corrected chi connectivity index (χ2v) is 6.23. The zero-order valence-electron chi connectivity index (χ0n) is 12.4. The highest BCUT2D eigenvalue weighted by Crippen LogP contribution is 2.26. The van der Waals surface area contributed by atoms with Gasteiger partial charge >= 0.3 is 0 Å². The van der Waals surface area contributed by atoms with Crippen molar-refractivity contribution < 1.29 is 4.79 Å². The number of carbonyl (C=O) groups excluding carboxylic acids is 1.